The van der Waals surface area contributed by atoms with Gasteiger partial charge in [0.2, 0.25) is 0 Å². The minimum Gasteiger partial charge on any atom is -0.488 e. The van der Waals surface area contributed by atoms with Crippen molar-refractivity contribution in [1.82, 2.24) is 0 Å². The van der Waals surface area contributed by atoms with E-state index >= 15 is 0 Å². The Morgan fingerprint density at radius 2 is 1.41 bits per heavy atom. The van der Waals surface area contributed by atoms with Crippen molar-refractivity contribution in [3.05, 3.63) is 18.2 Å². The number of rotatable bonds is 21. The molecule has 51 heavy (non-hydrogen) atoms. The molecule has 0 radical (unpaired) electrons. The molecule has 5 heteroatoms. The fourth-order valence-electron chi connectivity index (χ4n) is 12.3. The normalized spacial score (nSPS) is 32.1. The van der Waals surface area contributed by atoms with Gasteiger partial charge in [-0.15, -0.1) is 0 Å². The summed E-state index contributed by atoms with van der Waals surface area (Å²) in [7, 11) is 0. The van der Waals surface area contributed by atoms with Crippen molar-refractivity contribution in [2.75, 3.05) is 18.1 Å². The number of nitrogen functional groups attached to an aromatic ring is 2. The monoisotopic (exact) mass is 707 g/mol. The molecule has 5 rings (SSSR count). The lowest BCUT2D eigenvalue weighted by molar-refractivity contribution is -0.144. The zero-order chi connectivity index (χ0) is 36.3. The molecule has 4 aliphatic rings. The highest BCUT2D eigenvalue weighted by molar-refractivity contribution is 5.69. The molecule has 0 aliphatic heterocycles. The number of ether oxygens (including phenoxy) is 2. The van der Waals surface area contributed by atoms with E-state index in [1.807, 2.05) is 18.2 Å². The lowest BCUT2D eigenvalue weighted by Gasteiger charge is -2.61. The Balaban J connectivity index is 0.962. The third-order valence-corrected chi connectivity index (χ3v) is 15.3. The molecule has 0 amide bonds. The molecule has 0 aromatic heterocycles. The third-order valence-electron chi connectivity index (χ3n) is 15.3. The van der Waals surface area contributed by atoms with Crippen molar-refractivity contribution in [1.29, 1.82) is 0 Å². The third kappa shape index (κ3) is 10.4. The average Bonchev–Trinajstić information content (AvgIpc) is 3.47. The molecular weight excluding hydrogens is 629 g/mol. The number of benzene rings is 1. The van der Waals surface area contributed by atoms with Gasteiger partial charge in [-0.25, -0.2) is 0 Å². The number of esters is 1. The zero-order valence-electron chi connectivity index (χ0n) is 33.5. The molecule has 1 aromatic rings. The van der Waals surface area contributed by atoms with E-state index in [1.165, 1.54) is 128 Å². The Hall–Kier alpha value is -1.91. The smallest absolute Gasteiger partial charge is 0.305 e. The number of carbonyl (C=O) groups excluding carboxylic acids is 1. The van der Waals surface area contributed by atoms with Gasteiger partial charge in [-0.3, -0.25) is 4.79 Å². The van der Waals surface area contributed by atoms with Crippen LogP contribution < -0.4 is 16.2 Å². The van der Waals surface area contributed by atoms with Crippen LogP contribution in [0.2, 0.25) is 0 Å². The highest BCUT2D eigenvalue weighted by Crippen LogP contribution is 2.68. The van der Waals surface area contributed by atoms with E-state index in [2.05, 4.69) is 27.7 Å². The first-order chi connectivity index (χ1) is 24.7. The van der Waals surface area contributed by atoms with Crippen molar-refractivity contribution in [2.24, 2.45) is 46.3 Å². The van der Waals surface area contributed by atoms with Gasteiger partial charge >= 0.3 is 5.97 Å². The van der Waals surface area contributed by atoms with Crippen LogP contribution in [0.4, 0.5) is 11.4 Å². The zero-order valence-corrected chi connectivity index (χ0v) is 33.5. The number of anilines is 2. The van der Waals surface area contributed by atoms with E-state index in [-0.39, 0.29) is 12.1 Å². The highest BCUT2D eigenvalue weighted by Gasteiger charge is 2.60. The Morgan fingerprint density at radius 3 is 2.08 bits per heavy atom. The maximum Gasteiger partial charge on any atom is 0.305 e. The molecule has 0 spiro atoms. The summed E-state index contributed by atoms with van der Waals surface area (Å²) in [5, 5.41) is 0. The summed E-state index contributed by atoms with van der Waals surface area (Å²) in [6.07, 6.45) is 32.5. The van der Waals surface area contributed by atoms with Crippen LogP contribution in [0.15, 0.2) is 18.2 Å². The average molecular weight is 707 g/mol. The molecule has 0 saturated heterocycles. The molecule has 290 valence electrons. The van der Waals surface area contributed by atoms with Gasteiger partial charge in [-0.2, -0.15) is 0 Å². The fraction of sp³-hybridized carbons (Fsp3) is 0.848. The van der Waals surface area contributed by atoms with Crippen molar-refractivity contribution in [2.45, 2.75) is 194 Å². The molecule has 9 atom stereocenters. The van der Waals surface area contributed by atoms with E-state index in [0.717, 1.165) is 61.0 Å². The van der Waals surface area contributed by atoms with Crippen molar-refractivity contribution in [3.8, 4) is 5.75 Å². The molecule has 2 unspecified atom stereocenters. The molecule has 0 bridgehead atoms. The first-order valence-corrected chi connectivity index (χ1v) is 22.1. The second-order valence-electron chi connectivity index (χ2n) is 18.5. The fourth-order valence-corrected chi connectivity index (χ4v) is 12.3. The molecule has 4 N–H and O–H groups in total. The molecular formula is C46H78N2O3. The van der Waals surface area contributed by atoms with Crippen LogP contribution in [0.5, 0.6) is 5.75 Å². The van der Waals surface area contributed by atoms with Gasteiger partial charge in [0.25, 0.3) is 0 Å². The first-order valence-electron chi connectivity index (χ1n) is 22.1. The SMILES string of the molecule is CCCCCCCCCCCCCCCCOC(=O)CC[C@@H](C)[C@H]1CC[C@H]2[C@@H]3CCC4CC(Oc5ccc(N)cc5N)CC[C@]4(C)[C@H]3CC[C@]12C. The number of carbonyl (C=O) groups is 1. The molecule has 0 heterocycles. The van der Waals surface area contributed by atoms with E-state index in [4.69, 9.17) is 20.9 Å². The lowest BCUT2D eigenvalue weighted by atomic mass is 9.44. The van der Waals surface area contributed by atoms with Gasteiger partial charge in [-0.05, 0) is 135 Å². The highest BCUT2D eigenvalue weighted by atomic mass is 16.5. The maximum absolute atomic E-state index is 12.7. The Kier molecular flexibility index (Phi) is 15.3. The predicted octanol–water partition coefficient (Wildman–Crippen LogP) is 12.7. The summed E-state index contributed by atoms with van der Waals surface area (Å²) in [5.74, 6) is 5.45. The second-order valence-corrected chi connectivity index (χ2v) is 18.5. The lowest BCUT2D eigenvalue weighted by Crippen LogP contribution is -2.54. The molecule has 5 nitrogen and oxygen atoms in total. The van der Waals surface area contributed by atoms with Crippen LogP contribution in [0.1, 0.15) is 188 Å². The van der Waals surface area contributed by atoms with Crippen molar-refractivity contribution < 1.29 is 14.3 Å². The van der Waals surface area contributed by atoms with Gasteiger partial charge in [0.05, 0.1) is 18.4 Å². The van der Waals surface area contributed by atoms with Gasteiger partial charge < -0.3 is 20.9 Å². The van der Waals surface area contributed by atoms with Gasteiger partial charge in [-0.1, -0.05) is 111 Å². The summed E-state index contributed by atoms with van der Waals surface area (Å²) in [4.78, 5) is 12.7. The van der Waals surface area contributed by atoms with Crippen LogP contribution in [0.25, 0.3) is 0 Å². The van der Waals surface area contributed by atoms with Crippen LogP contribution in [-0.2, 0) is 9.53 Å². The number of hydrogen-bond acceptors (Lipinski definition) is 5. The molecule has 1 aromatic carbocycles. The number of nitrogens with two attached hydrogens (primary N) is 2. The van der Waals surface area contributed by atoms with Gasteiger partial charge in [0.15, 0.2) is 0 Å². The van der Waals surface area contributed by atoms with Crippen LogP contribution in [0.3, 0.4) is 0 Å². The van der Waals surface area contributed by atoms with E-state index in [0.29, 0.717) is 41.2 Å². The molecule has 4 fully saturated rings. The minimum atomic E-state index is 0.0323. The number of fused-ring (bicyclic) bond motifs is 5. The van der Waals surface area contributed by atoms with E-state index in [9.17, 15) is 4.79 Å². The maximum atomic E-state index is 12.7. The topological polar surface area (TPSA) is 87.6 Å². The van der Waals surface area contributed by atoms with Crippen LogP contribution >= 0.6 is 0 Å². The second kappa shape index (κ2) is 19.4. The van der Waals surface area contributed by atoms with E-state index < -0.39 is 0 Å². The quantitative estimate of drug-likeness (QED) is 0.0755. The first kappa shape index (κ1) is 40.3. The standard InChI is InChI=1S/C46H78N2O3/c1-5-6-7-8-9-10-11-12-13-14-15-16-17-18-31-50-44(49)26-19-34(2)39-23-24-40-38-22-20-35-32-37(51-43-25-21-36(47)33-42(43)48)27-29-45(35,3)41(38)28-30-46(39,40)4/h21,25,33-35,37-41H,5-20,22-24,26-32,47-48H2,1-4H3/t34-,35?,37?,38+,39-,40+,41+,45+,46-/m1/s1. The minimum absolute atomic E-state index is 0.0323. The summed E-state index contributed by atoms with van der Waals surface area (Å²) in [6, 6.07) is 5.65. The Morgan fingerprint density at radius 1 is 0.784 bits per heavy atom. The van der Waals surface area contributed by atoms with Gasteiger partial charge in [0.1, 0.15) is 5.75 Å². The Bertz CT molecular complexity index is 1200. The molecule has 4 saturated carbocycles. The van der Waals surface area contributed by atoms with Gasteiger partial charge in [0, 0.05) is 12.1 Å². The largest absolute Gasteiger partial charge is 0.488 e. The molecule has 4 aliphatic carbocycles. The summed E-state index contributed by atoms with van der Waals surface area (Å²) >= 11 is 0. The summed E-state index contributed by atoms with van der Waals surface area (Å²) < 4.78 is 12.2. The van der Waals surface area contributed by atoms with Crippen molar-refractivity contribution >= 4 is 17.3 Å². The van der Waals surface area contributed by atoms with Crippen LogP contribution in [0, 0.1) is 46.3 Å². The Labute approximate surface area is 313 Å². The predicted molar refractivity (Wildman–Crippen MR) is 215 cm³/mol. The van der Waals surface area contributed by atoms with Crippen molar-refractivity contribution in [3.63, 3.8) is 0 Å². The summed E-state index contributed by atoms with van der Waals surface area (Å²) in [6.45, 7) is 10.6. The van der Waals surface area contributed by atoms with Crippen LogP contribution in [-0.4, -0.2) is 18.7 Å². The summed E-state index contributed by atoms with van der Waals surface area (Å²) in [5.41, 5.74) is 14.4. The number of unbranched alkanes of at least 4 members (excludes halogenated alkanes) is 13. The number of hydrogen-bond donors (Lipinski definition) is 2. The van der Waals surface area contributed by atoms with E-state index in [1.54, 1.807) is 0 Å².